The molecule has 2 amide bonds. The summed E-state index contributed by atoms with van der Waals surface area (Å²) in [4.78, 5) is 27.1. The van der Waals surface area contributed by atoms with Crippen molar-refractivity contribution in [3.63, 3.8) is 0 Å². The largest absolute Gasteiger partial charge is 0.497 e. The molecule has 1 aliphatic carbocycles. The molecule has 1 N–H and O–H groups in total. The van der Waals surface area contributed by atoms with Crippen molar-refractivity contribution in [3.05, 3.63) is 35.4 Å². The molecule has 0 bridgehead atoms. The van der Waals surface area contributed by atoms with Gasteiger partial charge in [0.05, 0.1) is 7.11 Å². The average molecular weight is 385 g/mol. The Morgan fingerprint density at radius 1 is 1.25 bits per heavy atom. The van der Waals surface area contributed by atoms with Gasteiger partial charge in [0.1, 0.15) is 5.75 Å². The smallest absolute Gasteiger partial charge is 0.249 e. The van der Waals surface area contributed by atoms with Gasteiger partial charge >= 0.3 is 0 Å². The molecule has 5 nitrogen and oxygen atoms in total. The molecule has 0 radical (unpaired) electrons. The van der Waals surface area contributed by atoms with Crippen LogP contribution in [-0.4, -0.2) is 36.9 Å². The fourth-order valence-corrected chi connectivity index (χ4v) is 4.17. The number of allylic oxidation sites excluding steroid dienone is 1. The first kappa shape index (κ1) is 20.4. The van der Waals surface area contributed by atoms with Crippen molar-refractivity contribution in [1.82, 2.24) is 4.90 Å². The minimum atomic E-state index is 0.0340. The molecular weight excluding hydrogens is 352 g/mol. The summed E-state index contributed by atoms with van der Waals surface area (Å²) in [6, 6.07) is 5.65. The Kier molecular flexibility index (Phi) is 7.12. The summed E-state index contributed by atoms with van der Waals surface area (Å²) in [6.07, 6.45) is 9.83. The lowest BCUT2D eigenvalue weighted by atomic mass is 9.91. The van der Waals surface area contributed by atoms with E-state index in [9.17, 15) is 9.59 Å². The van der Waals surface area contributed by atoms with Crippen LogP contribution in [0.15, 0.2) is 29.8 Å². The Morgan fingerprint density at radius 3 is 2.82 bits per heavy atom. The number of nitrogens with one attached hydrogen (secondary N) is 1. The van der Waals surface area contributed by atoms with Crippen molar-refractivity contribution in [2.24, 2.45) is 5.92 Å². The second-order valence-corrected chi connectivity index (χ2v) is 8.00. The van der Waals surface area contributed by atoms with E-state index in [1.165, 1.54) is 6.42 Å². The lowest BCUT2D eigenvalue weighted by Crippen LogP contribution is -2.41. The highest BCUT2D eigenvalue weighted by atomic mass is 16.5. The van der Waals surface area contributed by atoms with Gasteiger partial charge in [-0.1, -0.05) is 6.08 Å². The van der Waals surface area contributed by atoms with Gasteiger partial charge in [-0.05, 0) is 81.5 Å². The van der Waals surface area contributed by atoms with E-state index < -0.39 is 0 Å². The molecule has 0 spiro atoms. The van der Waals surface area contributed by atoms with E-state index in [0.29, 0.717) is 12.3 Å². The summed E-state index contributed by atoms with van der Waals surface area (Å²) in [5.74, 6) is 1.45. The number of methoxy groups -OCH3 is 1. The number of nitrogens with zero attached hydrogens (tertiary/aromatic N) is 1. The number of aryl methyl sites for hydroxylation is 1. The van der Waals surface area contributed by atoms with Crippen molar-refractivity contribution < 1.29 is 14.3 Å². The fraction of sp³-hybridized carbons (Fsp3) is 0.565. The summed E-state index contributed by atoms with van der Waals surface area (Å²) in [5.41, 5.74) is 2.82. The topological polar surface area (TPSA) is 58.6 Å². The summed E-state index contributed by atoms with van der Waals surface area (Å²) >= 11 is 0. The van der Waals surface area contributed by atoms with Gasteiger partial charge in [-0.2, -0.15) is 0 Å². The molecule has 2 aliphatic rings. The zero-order valence-electron chi connectivity index (χ0n) is 17.1. The van der Waals surface area contributed by atoms with Crippen molar-refractivity contribution in [3.8, 4) is 5.75 Å². The quantitative estimate of drug-likeness (QED) is 0.788. The third kappa shape index (κ3) is 5.37. The first-order valence-corrected chi connectivity index (χ1v) is 10.5. The van der Waals surface area contributed by atoms with Crippen LogP contribution in [0.25, 0.3) is 0 Å². The fourth-order valence-electron chi connectivity index (χ4n) is 4.17. The lowest BCUT2D eigenvalue weighted by Gasteiger charge is -2.34. The predicted octanol–water partition coefficient (Wildman–Crippen LogP) is 4.46. The number of likely N-dealkylation sites (tertiary alicyclic amines) is 1. The van der Waals surface area contributed by atoms with E-state index >= 15 is 0 Å². The molecule has 28 heavy (non-hydrogen) atoms. The highest BCUT2D eigenvalue weighted by Gasteiger charge is 2.26. The average Bonchev–Trinajstić information content (AvgIpc) is 2.74. The molecule has 1 unspecified atom stereocenters. The molecule has 5 heteroatoms. The van der Waals surface area contributed by atoms with Gasteiger partial charge < -0.3 is 15.0 Å². The number of anilines is 1. The van der Waals surface area contributed by atoms with E-state index in [-0.39, 0.29) is 11.8 Å². The van der Waals surface area contributed by atoms with Crippen LogP contribution in [0, 0.1) is 12.8 Å². The first-order valence-electron chi connectivity index (χ1n) is 10.5. The summed E-state index contributed by atoms with van der Waals surface area (Å²) in [5, 5.41) is 3.00. The van der Waals surface area contributed by atoms with E-state index in [1.807, 2.05) is 30.0 Å². The summed E-state index contributed by atoms with van der Waals surface area (Å²) in [7, 11) is 1.63. The minimum Gasteiger partial charge on any atom is -0.497 e. The number of benzene rings is 1. The number of piperidine rings is 1. The summed E-state index contributed by atoms with van der Waals surface area (Å²) in [6.45, 7) is 3.59. The van der Waals surface area contributed by atoms with Crippen molar-refractivity contribution in [2.45, 2.75) is 58.3 Å². The maximum absolute atomic E-state index is 12.7. The Hall–Kier alpha value is -2.30. The molecule has 3 rings (SSSR count). The first-order chi connectivity index (χ1) is 13.6. The predicted molar refractivity (Wildman–Crippen MR) is 111 cm³/mol. The SMILES string of the molecule is COc1ccc(NC(=O)CCC2CCCN(C(=O)C3=CCCCC3)C2)c(C)c1. The van der Waals surface area contributed by atoms with Crippen LogP contribution in [0.2, 0.25) is 0 Å². The number of carbonyl (C=O) groups is 2. The molecule has 0 aromatic heterocycles. The molecule has 1 aliphatic heterocycles. The molecule has 1 fully saturated rings. The van der Waals surface area contributed by atoms with E-state index in [0.717, 1.165) is 74.2 Å². The molecule has 1 saturated heterocycles. The Bertz CT molecular complexity index is 741. The van der Waals surface area contributed by atoms with E-state index in [2.05, 4.69) is 11.4 Å². The van der Waals surface area contributed by atoms with Crippen LogP contribution in [0.3, 0.4) is 0 Å². The van der Waals surface area contributed by atoms with Crippen LogP contribution in [0.4, 0.5) is 5.69 Å². The Balaban J connectivity index is 1.48. The van der Waals surface area contributed by atoms with Gasteiger partial charge in [0.25, 0.3) is 0 Å². The maximum atomic E-state index is 12.7. The van der Waals surface area contributed by atoms with Crippen LogP contribution in [-0.2, 0) is 9.59 Å². The maximum Gasteiger partial charge on any atom is 0.249 e. The lowest BCUT2D eigenvalue weighted by molar-refractivity contribution is -0.129. The van der Waals surface area contributed by atoms with Gasteiger partial charge in [0.15, 0.2) is 0 Å². The Morgan fingerprint density at radius 2 is 2.11 bits per heavy atom. The van der Waals surface area contributed by atoms with Crippen LogP contribution in [0.1, 0.15) is 56.9 Å². The van der Waals surface area contributed by atoms with Crippen molar-refractivity contribution in [1.29, 1.82) is 0 Å². The highest BCUT2D eigenvalue weighted by molar-refractivity contribution is 5.93. The van der Waals surface area contributed by atoms with Gasteiger partial charge in [0.2, 0.25) is 11.8 Å². The van der Waals surface area contributed by atoms with Crippen molar-refractivity contribution >= 4 is 17.5 Å². The van der Waals surface area contributed by atoms with E-state index in [1.54, 1.807) is 7.11 Å². The second-order valence-electron chi connectivity index (χ2n) is 8.00. The minimum absolute atomic E-state index is 0.0340. The van der Waals surface area contributed by atoms with Gasteiger partial charge in [-0.3, -0.25) is 9.59 Å². The molecule has 0 saturated carbocycles. The normalized spacial score (nSPS) is 19.7. The second kappa shape index (κ2) is 9.76. The number of carbonyl (C=O) groups excluding carboxylic acids is 2. The Labute approximate surface area is 168 Å². The third-order valence-electron chi connectivity index (χ3n) is 5.86. The number of hydrogen-bond donors (Lipinski definition) is 1. The molecular formula is C23H32N2O3. The monoisotopic (exact) mass is 384 g/mol. The molecule has 1 heterocycles. The van der Waals surface area contributed by atoms with Gasteiger partial charge in [0, 0.05) is 30.8 Å². The molecule has 152 valence electrons. The van der Waals surface area contributed by atoms with E-state index in [4.69, 9.17) is 4.74 Å². The highest BCUT2D eigenvalue weighted by Crippen LogP contribution is 2.26. The standard InChI is InChI=1S/C23H32N2O3/c1-17-15-20(28-2)11-12-21(17)24-22(26)13-10-18-7-6-14-25(16-18)23(27)19-8-4-3-5-9-19/h8,11-12,15,18H,3-7,9-10,13-14,16H2,1-2H3,(H,24,26). The number of hydrogen-bond acceptors (Lipinski definition) is 3. The summed E-state index contributed by atoms with van der Waals surface area (Å²) < 4.78 is 5.21. The molecule has 1 aromatic carbocycles. The van der Waals surface area contributed by atoms with Crippen LogP contribution >= 0.6 is 0 Å². The van der Waals surface area contributed by atoms with Gasteiger partial charge in [-0.25, -0.2) is 0 Å². The number of amides is 2. The number of rotatable bonds is 6. The van der Waals surface area contributed by atoms with Crippen LogP contribution in [0.5, 0.6) is 5.75 Å². The van der Waals surface area contributed by atoms with Crippen molar-refractivity contribution in [2.75, 3.05) is 25.5 Å². The van der Waals surface area contributed by atoms with Gasteiger partial charge in [-0.15, -0.1) is 0 Å². The zero-order valence-corrected chi connectivity index (χ0v) is 17.1. The van der Waals surface area contributed by atoms with Crippen LogP contribution < -0.4 is 10.1 Å². The zero-order chi connectivity index (χ0) is 19.9. The third-order valence-corrected chi connectivity index (χ3v) is 5.86. The number of ether oxygens (including phenoxy) is 1. The molecule has 1 aromatic rings. The molecule has 1 atom stereocenters.